The van der Waals surface area contributed by atoms with Gasteiger partial charge in [-0.15, -0.1) is 0 Å². The molecule has 0 bridgehead atoms. The molecule has 1 saturated heterocycles. The van der Waals surface area contributed by atoms with Crippen molar-refractivity contribution in [1.29, 1.82) is 5.26 Å². The molecule has 1 aliphatic heterocycles. The molecule has 0 aliphatic carbocycles. The minimum Gasteiger partial charge on any atom is -0.459 e. The lowest BCUT2D eigenvalue weighted by Crippen LogP contribution is -2.47. The van der Waals surface area contributed by atoms with Gasteiger partial charge in [0, 0.05) is 43.9 Å². The largest absolute Gasteiger partial charge is 0.459 e. The summed E-state index contributed by atoms with van der Waals surface area (Å²) in [6.07, 6.45) is 1.51. The van der Waals surface area contributed by atoms with Crippen LogP contribution in [0.15, 0.2) is 45.4 Å². The number of anilines is 1. The summed E-state index contributed by atoms with van der Waals surface area (Å²) in [6, 6.07) is 8.98. The van der Waals surface area contributed by atoms with Gasteiger partial charge in [-0.2, -0.15) is 10.2 Å². The third-order valence-corrected chi connectivity index (χ3v) is 5.01. The van der Waals surface area contributed by atoms with Gasteiger partial charge < -0.3 is 13.7 Å². The fraction of sp³-hybridized carbons (Fsp3) is 0.300. The van der Waals surface area contributed by atoms with E-state index in [-0.39, 0.29) is 17.6 Å². The van der Waals surface area contributed by atoms with E-state index < -0.39 is 11.6 Å². The summed E-state index contributed by atoms with van der Waals surface area (Å²) < 4.78 is 38.3. The zero-order valence-electron chi connectivity index (χ0n) is 15.2. The highest BCUT2D eigenvalue weighted by Crippen LogP contribution is 2.31. The number of nitrogens with zero attached hydrogens (tertiary/aromatic N) is 4. The molecule has 28 heavy (non-hydrogen) atoms. The standard InChI is InChI=1S/C20H18F2N4O2/c1-13(15-5-4-14(21)11-16(15)22)25-6-8-26(9-7-25)20-17(12-23)24-19(28-20)18-3-2-10-27-18/h2-5,10-11,13H,6-9H2,1H3. The van der Waals surface area contributed by atoms with Crippen LogP contribution in [0.4, 0.5) is 14.7 Å². The first-order chi connectivity index (χ1) is 13.6. The van der Waals surface area contributed by atoms with Crippen LogP contribution >= 0.6 is 0 Å². The number of hydrogen-bond donors (Lipinski definition) is 0. The number of benzene rings is 1. The number of oxazole rings is 1. The Labute approximate surface area is 160 Å². The molecule has 4 rings (SSSR count). The van der Waals surface area contributed by atoms with Crippen LogP contribution in [0.5, 0.6) is 0 Å². The van der Waals surface area contributed by atoms with Crippen LogP contribution < -0.4 is 4.90 Å². The van der Waals surface area contributed by atoms with Crippen molar-refractivity contribution in [2.75, 3.05) is 31.1 Å². The van der Waals surface area contributed by atoms with E-state index in [1.54, 1.807) is 12.1 Å². The predicted octanol–water partition coefficient (Wildman–Crippen LogP) is 3.97. The molecule has 144 valence electrons. The topological polar surface area (TPSA) is 69.4 Å². The third kappa shape index (κ3) is 3.37. The summed E-state index contributed by atoms with van der Waals surface area (Å²) >= 11 is 0. The maximum absolute atomic E-state index is 14.1. The van der Waals surface area contributed by atoms with Crippen molar-refractivity contribution in [3.8, 4) is 17.7 Å². The van der Waals surface area contributed by atoms with E-state index in [0.717, 1.165) is 6.07 Å². The van der Waals surface area contributed by atoms with E-state index >= 15 is 0 Å². The molecule has 3 heterocycles. The molecule has 1 unspecified atom stereocenters. The Kier molecular flexibility index (Phi) is 4.84. The Hall–Kier alpha value is -3.18. The summed E-state index contributed by atoms with van der Waals surface area (Å²) in [4.78, 5) is 8.27. The second-order valence-corrected chi connectivity index (χ2v) is 6.63. The number of rotatable bonds is 4. The number of piperazine rings is 1. The molecule has 1 fully saturated rings. The molecule has 0 saturated carbocycles. The molecule has 1 aliphatic rings. The summed E-state index contributed by atoms with van der Waals surface area (Å²) in [7, 11) is 0. The van der Waals surface area contributed by atoms with Crippen LogP contribution in [-0.2, 0) is 0 Å². The average Bonchev–Trinajstić information content (AvgIpc) is 3.37. The SMILES string of the molecule is CC(c1ccc(F)cc1F)N1CCN(c2oc(-c3ccco3)nc2C#N)CC1. The molecule has 0 N–H and O–H groups in total. The van der Waals surface area contributed by atoms with Crippen molar-refractivity contribution in [2.24, 2.45) is 0 Å². The van der Waals surface area contributed by atoms with Crippen molar-refractivity contribution in [3.05, 3.63) is 59.5 Å². The van der Waals surface area contributed by atoms with Gasteiger partial charge in [-0.3, -0.25) is 4.90 Å². The summed E-state index contributed by atoms with van der Waals surface area (Å²) in [5.41, 5.74) is 0.671. The lowest BCUT2D eigenvalue weighted by Gasteiger charge is -2.38. The van der Waals surface area contributed by atoms with Crippen molar-refractivity contribution < 1.29 is 17.6 Å². The monoisotopic (exact) mass is 384 g/mol. The minimum atomic E-state index is -0.583. The van der Waals surface area contributed by atoms with Crippen LogP contribution in [0, 0.1) is 23.0 Å². The number of hydrogen-bond acceptors (Lipinski definition) is 6. The van der Waals surface area contributed by atoms with Crippen molar-refractivity contribution >= 4 is 5.88 Å². The minimum absolute atomic E-state index is 0.188. The van der Waals surface area contributed by atoms with Gasteiger partial charge in [-0.25, -0.2) is 8.78 Å². The molecule has 3 aromatic rings. The first-order valence-electron chi connectivity index (χ1n) is 8.95. The van der Waals surface area contributed by atoms with Crippen LogP contribution in [0.25, 0.3) is 11.7 Å². The van der Waals surface area contributed by atoms with Crippen LogP contribution in [0.2, 0.25) is 0 Å². The quantitative estimate of drug-likeness (QED) is 0.678. The summed E-state index contributed by atoms with van der Waals surface area (Å²) in [5, 5.41) is 9.39. The van der Waals surface area contributed by atoms with Gasteiger partial charge in [0.15, 0.2) is 5.76 Å². The zero-order chi connectivity index (χ0) is 19.7. The van der Waals surface area contributed by atoms with E-state index in [9.17, 15) is 14.0 Å². The van der Waals surface area contributed by atoms with Gasteiger partial charge in [-0.05, 0) is 25.1 Å². The van der Waals surface area contributed by atoms with Crippen LogP contribution in [0.3, 0.4) is 0 Å². The molecule has 0 spiro atoms. The predicted molar refractivity (Wildman–Crippen MR) is 97.5 cm³/mol. The van der Waals surface area contributed by atoms with Gasteiger partial charge >= 0.3 is 0 Å². The van der Waals surface area contributed by atoms with Crippen LogP contribution in [0.1, 0.15) is 24.2 Å². The van der Waals surface area contributed by atoms with Gasteiger partial charge in [0.2, 0.25) is 11.6 Å². The highest BCUT2D eigenvalue weighted by molar-refractivity contribution is 5.55. The van der Waals surface area contributed by atoms with Gasteiger partial charge in [0.1, 0.15) is 17.7 Å². The Morgan fingerprint density at radius 1 is 1.18 bits per heavy atom. The number of aromatic nitrogens is 1. The van der Waals surface area contributed by atoms with E-state index in [0.29, 0.717) is 43.4 Å². The molecule has 1 aromatic carbocycles. The van der Waals surface area contributed by atoms with E-state index in [4.69, 9.17) is 8.83 Å². The zero-order valence-corrected chi connectivity index (χ0v) is 15.2. The molecule has 8 heteroatoms. The molecule has 2 aromatic heterocycles. The smallest absolute Gasteiger partial charge is 0.266 e. The summed E-state index contributed by atoms with van der Waals surface area (Å²) in [6.45, 7) is 4.36. The second kappa shape index (κ2) is 7.44. The number of halogens is 2. The highest BCUT2D eigenvalue weighted by atomic mass is 19.1. The molecule has 0 radical (unpaired) electrons. The van der Waals surface area contributed by atoms with E-state index in [1.165, 1.54) is 18.4 Å². The Morgan fingerprint density at radius 2 is 1.96 bits per heavy atom. The Bertz CT molecular complexity index is 1000. The first kappa shape index (κ1) is 18.2. The number of nitriles is 1. The van der Waals surface area contributed by atoms with E-state index in [1.807, 2.05) is 11.8 Å². The van der Waals surface area contributed by atoms with Crippen molar-refractivity contribution in [1.82, 2.24) is 9.88 Å². The highest BCUT2D eigenvalue weighted by Gasteiger charge is 2.28. The molecular formula is C20H18F2N4O2. The number of furan rings is 1. The second-order valence-electron chi connectivity index (χ2n) is 6.63. The third-order valence-electron chi connectivity index (χ3n) is 5.01. The fourth-order valence-corrected chi connectivity index (χ4v) is 3.45. The molecular weight excluding hydrogens is 366 g/mol. The molecule has 6 nitrogen and oxygen atoms in total. The van der Waals surface area contributed by atoms with Gasteiger partial charge in [-0.1, -0.05) is 6.07 Å². The van der Waals surface area contributed by atoms with Crippen LogP contribution in [-0.4, -0.2) is 36.1 Å². The molecule has 1 atom stereocenters. The molecule has 0 amide bonds. The van der Waals surface area contributed by atoms with E-state index in [2.05, 4.69) is 16.0 Å². The van der Waals surface area contributed by atoms with Crippen molar-refractivity contribution in [2.45, 2.75) is 13.0 Å². The summed E-state index contributed by atoms with van der Waals surface area (Å²) in [5.74, 6) is 0.0108. The first-order valence-corrected chi connectivity index (χ1v) is 8.95. The lowest BCUT2D eigenvalue weighted by molar-refractivity contribution is 0.192. The maximum atomic E-state index is 14.1. The lowest BCUT2D eigenvalue weighted by atomic mass is 10.1. The fourth-order valence-electron chi connectivity index (χ4n) is 3.45. The maximum Gasteiger partial charge on any atom is 0.266 e. The normalized spacial score (nSPS) is 16.1. The van der Waals surface area contributed by atoms with Gasteiger partial charge in [0.25, 0.3) is 5.89 Å². The average molecular weight is 384 g/mol. The Balaban J connectivity index is 1.48. The van der Waals surface area contributed by atoms with Crippen molar-refractivity contribution in [3.63, 3.8) is 0 Å². The van der Waals surface area contributed by atoms with Gasteiger partial charge in [0.05, 0.1) is 6.26 Å². The Morgan fingerprint density at radius 3 is 2.61 bits per heavy atom.